The van der Waals surface area contributed by atoms with E-state index >= 15 is 0 Å². The molecule has 1 aliphatic rings. The van der Waals surface area contributed by atoms with Crippen LogP contribution in [0.1, 0.15) is 16.2 Å². The molecule has 6 nitrogen and oxygen atoms in total. The molecule has 1 aliphatic heterocycles. The molecule has 1 saturated heterocycles. The lowest BCUT2D eigenvalue weighted by Gasteiger charge is -2.34. The SMILES string of the molecule is O=C(Cc1ccc[nH]1)N1CCN(C(=O)c2ccccn2)CC1. The quantitative estimate of drug-likeness (QED) is 0.917. The van der Waals surface area contributed by atoms with E-state index in [0.29, 0.717) is 38.3 Å². The lowest BCUT2D eigenvalue weighted by atomic mass is 10.2. The van der Waals surface area contributed by atoms with Crippen molar-refractivity contribution >= 4 is 11.8 Å². The summed E-state index contributed by atoms with van der Waals surface area (Å²) in [5.74, 6) is 0.0180. The van der Waals surface area contributed by atoms with Gasteiger partial charge in [0.2, 0.25) is 5.91 Å². The van der Waals surface area contributed by atoms with Crippen molar-refractivity contribution in [1.82, 2.24) is 19.8 Å². The molecule has 0 aliphatic carbocycles. The molecule has 1 fully saturated rings. The summed E-state index contributed by atoms with van der Waals surface area (Å²) in [5.41, 5.74) is 1.37. The number of aromatic nitrogens is 2. The first-order chi connectivity index (χ1) is 10.7. The largest absolute Gasteiger partial charge is 0.365 e. The molecule has 0 unspecified atom stereocenters. The maximum atomic E-state index is 12.3. The lowest BCUT2D eigenvalue weighted by Crippen LogP contribution is -2.51. The minimum Gasteiger partial charge on any atom is -0.365 e. The number of amides is 2. The van der Waals surface area contributed by atoms with Crippen LogP contribution in [-0.4, -0.2) is 57.8 Å². The van der Waals surface area contributed by atoms with Crippen molar-refractivity contribution < 1.29 is 9.59 Å². The van der Waals surface area contributed by atoms with Crippen LogP contribution in [0.15, 0.2) is 42.7 Å². The molecule has 1 N–H and O–H groups in total. The third kappa shape index (κ3) is 3.16. The Morgan fingerprint density at radius 1 is 1.05 bits per heavy atom. The van der Waals surface area contributed by atoms with E-state index in [1.165, 1.54) is 0 Å². The van der Waals surface area contributed by atoms with E-state index < -0.39 is 0 Å². The molecule has 0 radical (unpaired) electrons. The second kappa shape index (κ2) is 6.43. The van der Waals surface area contributed by atoms with Crippen LogP contribution in [0.4, 0.5) is 0 Å². The van der Waals surface area contributed by atoms with Gasteiger partial charge in [-0.05, 0) is 24.3 Å². The van der Waals surface area contributed by atoms with Crippen LogP contribution in [0.25, 0.3) is 0 Å². The van der Waals surface area contributed by atoms with E-state index in [1.807, 2.05) is 23.2 Å². The van der Waals surface area contributed by atoms with Crippen LogP contribution >= 0.6 is 0 Å². The third-order valence-corrected chi connectivity index (χ3v) is 3.81. The highest BCUT2D eigenvalue weighted by atomic mass is 16.2. The van der Waals surface area contributed by atoms with Crippen LogP contribution in [0.2, 0.25) is 0 Å². The number of piperazine rings is 1. The molecule has 2 aromatic rings. The smallest absolute Gasteiger partial charge is 0.272 e. The van der Waals surface area contributed by atoms with Gasteiger partial charge in [0.1, 0.15) is 5.69 Å². The fourth-order valence-corrected chi connectivity index (χ4v) is 2.56. The minimum absolute atomic E-state index is 0.0722. The molecule has 2 amide bonds. The van der Waals surface area contributed by atoms with Gasteiger partial charge in [-0.3, -0.25) is 14.6 Å². The highest BCUT2D eigenvalue weighted by molar-refractivity contribution is 5.92. The van der Waals surface area contributed by atoms with Gasteiger partial charge in [-0.25, -0.2) is 0 Å². The Morgan fingerprint density at radius 2 is 1.82 bits per heavy atom. The Balaban J connectivity index is 1.54. The molecule has 6 heteroatoms. The number of nitrogens with zero attached hydrogens (tertiary/aromatic N) is 3. The fraction of sp³-hybridized carbons (Fsp3) is 0.312. The standard InChI is InChI=1S/C16H18N4O2/c21-15(12-13-4-3-7-17-13)19-8-10-20(11-9-19)16(22)14-5-1-2-6-18-14/h1-7,17H,8-12H2. The number of H-pyrrole nitrogens is 1. The molecule has 2 aromatic heterocycles. The third-order valence-electron chi connectivity index (χ3n) is 3.81. The second-order valence-electron chi connectivity index (χ2n) is 5.26. The van der Waals surface area contributed by atoms with E-state index in [-0.39, 0.29) is 11.8 Å². The molecule has 22 heavy (non-hydrogen) atoms. The van der Waals surface area contributed by atoms with Gasteiger partial charge in [-0.2, -0.15) is 0 Å². The van der Waals surface area contributed by atoms with Crippen molar-refractivity contribution in [2.75, 3.05) is 26.2 Å². The van der Waals surface area contributed by atoms with Crippen molar-refractivity contribution in [3.8, 4) is 0 Å². The Hall–Kier alpha value is -2.63. The van der Waals surface area contributed by atoms with Crippen molar-refractivity contribution in [2.24, 2.45) is 0 Å². The zero-order valence-electron chi connectivity index (χ0n) is 12.2. The maximum absolute atomic E-state index is 12.3. The van der Waals surface area contributed by atoms with Crippen LogP contribution in [-0.2, 0) is 11.2 Å². The van der Waals surface area contributed by atoms with Crippen molar-refractivity contribution in [3.63, 3.8) is 0 Å². The average Bonchev–Trinajstić information content (AvgIpc) is 3.08. The highest BCUT2D eigenvalue weighted by Crippen LogP contribution is 2.09. The first-order valence-electron chi connectivity index (χ1n) is 7.34. The average molecular weight is 298 g/mol. The van der Waals surface area contributed by atoms with E-state index in [1.54, 1.807) is 29.3 Å². The predicted molar refractivity (Wildman–Crippen MR) is 81.2 cm³/mol. The monoisotopic (exact) mass is 298 g/mol. The molecule has 0 saturated carbocycles. The number of aromatic amines is 1. The Morgan fingerprint density at radius 3 is 2.45 bits per heavy atom. The number of hydrogen-bond donors (Lipinski definition) is 1. The van der Waals surface area contributed by atoms with Crippen LogP contribution in [0.3, 0.4) is 0 Å². The molecule has 0 aromatic carbocycles. The zero-order chi connectivity index (χ0) is 15.4. The molecule has 0 bridgehead atoms. The van der Waals surface area contributed by atoms with Crippen LogP contribution in [0, 0.1) is 0 Å². The van der Waals surface area contributed by atoms with Gasteiger partial charge in [0.05, 0.1) is 6.42 Å². The summed E-state index contributed by atoms with van der Waals surface area (Å²) < 4.78 is 0. The highest BCUT2D eigenvalue weighted by Gasteiger charge is 2.25. The normalized spacial score (nSPS) is 14.9. The summed E-state index contributed by atoms with van der Waals surface area (Å²) >= 11 is 0. The predicted octanol–water partition coefficient (Wildman–Crippen LogP) is 0.937. The van der Waals surface area contributed by atoms with E-state index in [2.05, 4.69) is 9.97 Å². The number of pyridine rings is 1. The number of carbonyl (C=O) groups excluding carboxylic acids is 2. The van der Waals surface area contributed by atoms with Gasteiger partial charge in [-0.1, -0.05) is 6.07 Å². The summed E-state index contributed by atoms with van der Waals surface area (Å²) in [6.45, 7) is 2.23. The maximum Gasteiger partial charge on any atom is 0.272 e. The molecule has 3 rings (SSSR count). The van der Waals surface area contributed by atoms with Gasteiger partial charge in [-0.15, -0.1) is 0 Å². The van der Waals surface area contributed by atoms with E-state index in [4.69, 9.17) is 0 Å². The number of carbonyl (C=O) groups is 2. The van der Waals surface area contributed by atoms with Crippen LogP contribution < -0.4 is 0 Å². The summed E-state index contributed by atoms with van der Waals surface area (Å²) in [4.78, 5) is 35.2. The number of nitrogens with one attached hydrogen (secondary N) is 1. The van der Waals surface area contributed by atoms with Crippen molar-refractivity contribution in [3.05, 3.63) is 54.1 Å². The Labute approximate surface area is 128 Å². The van der Waals surface area contributed by atoms with Gasteiger partial charge in [0, 0.05) is 44.3 Å². The topological polar surface area (TPSA) is 69.3 Å². The van der Waals surface area contributed by atoms with E-state index in [0.717, 1.165) is 5.69 Å². The van der Waals surface area contributed by atoms with Gasteiger partial charge >= 0.3 is 0 Å². The molecule has 0 spiro atoms. The molecule has 0 atom stereocenters. The van der Waals surface area contributed by atoms with Gasteiger partial charge < -0.3 is 14.8 Å². The lowest BCUT2D eigenvalue weighted by molar-refractivity contribution is -0.132. The van der Waals surface area contributed by atoms with Gasteiger partial charge in [0.25, 0.3) is 5.91 Å². The molecule has 114 valence electrons. The summed E-state index contributed by atoms with van der Waals surface area (Å²) in [7, 11) is 0. The first-order valence-corrected chi connectivity index (χ1v) is 7.34. The first kappa shape index (κ1) is 14.3. The fourth-order valence-electron chi connectivity index (χ4n) is 2.56. The molecular formula is C16H18N4O2. The Kier molecular flexibility index (Phi) is 4.18. The molecule has 3 heterocycles. The minimum atomic E-state index is -0.0722. The summed E-state index contributed by atoms with van der Waals surface area (Å²) in [5, 5.41) is 0. The summed E-state index contributed by atoms with van der Waals surface area (Å²) in [6.07, 6.45) is 3.80. The zero-order valence-corrected chi connectivity index (χ0v) is 12.2. The van der Waals surface area contributed by atoms with E-state index in [9.17, 15) is 9.59 Å². The van der Waals surface area contributed by atoms with Gasteiger partial charge in [0.15, 0.2) is 0 Å². The summed E-state index contributed by atoms with van der Waals surface area (Å²) in [6, 6.07) is 9.08. The molecular weight excluding hydrogens is 280 g/mol. The number of rotatable bonds is 3. The Bertz CT molecular complexity index is 631. The second-order valence-corrected chi connectivity index (χ2v) is 5.26. The van der Waals surface area contributed by atoms with Crippen molar-refractivity contribution in [1.29, 1.82) is 0 Å². The van der Waals surface area contributed by atoms with Crippen LogP contribution in [0.5, 0.6) is 0 Å². The van der Waals surface area contributed by atoms with Crippen molar-refractivity contribution in [2.45, 2.75) is 6.42 Å². The number of hydrogen-bond acceptors (Lipinski definition) is 3.